The predicted molar refractivity (Wildman–Crippen MR) is 68.8 cm³/mol. The second kappa shape index (κ2) is 5.24. The average Bonchev–Trinajstić information content (AvgIpc) is 2.78. The van der Waals surface area contributed by atoms with Gasteiger partial charge in [0.15, 0.2) is 0 Å². The van der Waals surface area contributed by atoms with Gasteiger partial charge in [-0.15, -0.1) is 0 Å². The van der Waals surface area contributed by atoms with Crippen molar-refractivity contribution in [1.82, 2.24) is 9.03 Å². The second-order valence-electron chi connectivity index (χ2n) is 5.60. The van der Waals surface area contributed by atoms with Gasteiger partial charge in [-0.1, -0.05) is 26.7 Å². The summed E-state index contributed by atoms with van der Waals surface area (Å²) in [5, 5.41) is 0. The molecule has 2 aliphatic rings. The summed E-state index contributed by atoms with van der Waals surface area (Å²) in [6.07, 6.45) is 5.34. The molecule has 1 saturated heterocycles. The van der Waals surface area contributed by atoms with Crippen LogP contribution in [0.15, 0.2) is 0 Å². The van der Waals surface area contributed by atoms with Crippen molar-refractivity contribution < 1.29 is 8.42 Å². The fraction of sp³-hybridized carbons (Fsp3) is 1.00. The molecule has 0 amide bonds. The van der Waals surface area contributed by atoms with Crippen LogP contribution in [0.3, 0.4) is 0 Å². The first-order chi connectivity index (χ1) is 8.00. The molecule has 3 atom stereocenters. The van der Waals surface area contributed by atoms with Crippen LogP contribution in [0.5, 0.6) is 0 Å². The topological polar surface area (TPSA) is 49.4 Å². The van der Waals surface area contributed by atoms with Crippen LogP contribution < -0.4 is 4.72 Å². The second-order valence-corrected chi connectivity index (χ2v) is 7.31. The molecule has 17 heavy (non-hydrogen) atoms. The van der Waals surface area contributed by atoms with Gasteiger partial charge in [0.1, 0.15) is 0 Å². The van der Waals surface area contributed by atoms with Gasteiger partial charge >= 0.3 is 0 Å². The van der Waals surface area contributed by atoms with Crippen LogP contribution in [0.4, 0.5) is 0 Å². The van der Waals surface area contributed by atoms with Crippen LogP contribution in [-0.4, -0.2) is 31.9 Å². The predicted octanol–water partition coefficient (Wildman–Crippen LogP) is 1.74. The summed E-state index contributed by atoms with van der Waals surface area (Å²) in [7, 11) is -3.23. The van der Waals surface area contributed by atoms with E-state index in [2.05, 4.69) is 18.6 Å². The van der Waals surface area contributed by atoms with Gasteiger partial charge in [0.05, 0.1) is 0 Å². The number of nitrogens with one attached hydrogen (secondary N) is 1. The standard InChI is InChI=1S/C12H24N2O2S/c1-10-6-5-7-12(11(10)2)13-17(15,16)14-8-3-4-9-14/h10-13H,3-9H2,1-2H3. The van der Waals surface area contributed by atoms with E-state index in [0.29, 0.717) is 24.9 Å². The Labute approximate surface area is 105 Å². The van der Waals surface area contributed by atoms with Gasteiger partial charge < -0.3 is 0 Å². The molecule has 0 spiro atoms. The molecule has 0 bridgehead atoms. The molecule has 4 nitrogen and oxygen atoms in total. The van der Waals surface area contributed by atoms with E-state index >= 15 is 0 Å². The zero-order chi connectivity index (χ0) is 12.5. The lowest BCUT2D eigenvalue weighted by atomic mass is 9.78. The number of hydrogen-bond donors (Lipinski definition) is 1. The maximum Gasteiger partial charge on any atom is 0.279 e. The summed E-state index contributed by atoms with van der Waals surface area (Å²) in [4.78, 5) is 0. The van der Waals surface area contributed by atoms with Gasteiger partial charge in [0, 0.05) is 19.1 Å². The lowest BCUT2D eigenvalue weighted by Gasteiger charge is -2.35. The van der Waals surface area contributed by atoms with Crippen molar-refractivity contribution in [1.29, 1.82) is 0 Å². The van der Waals surface area contributed by atoms with E-state index in [-0.39, 0.29) is 6.04 Å². The minimum atomic E-state index is -3.23. The summed E-state index contributed by atoms with van der Waals surface area (Å²) in [6, 6.07) is 0.129. The average molecular weight is 260 g/mol. The first kappa shape index (κ1) is 13.3. The quantitative estimate of drug-likeness (QED) is 0.840. The van der Waals surface area contributed by atoms with Crippen LogP contribution in [0, 0.1) is 11.8 Å². The van der Waals surface area contributed by atoms with E-state index in [1.807, 2.05) is 0 Å². The first-order valence-electron chi connectivity index (χ1n) is 6.78. The van der Waals surface area contributed by atoms with E-state index in [9.17, 15) is 8.42 Å². The van der Waals surface area contributed by atoms with Crippen molar-refractivity contribution in [3.63, 3.8) is 0 Å². The van der Waals surface area contributed by atoms with Crippen LogP contribution in [-0.2, 0) is 10.2 Å². The van der Waals surface area contributed by atoms with Gasteiger partial charge in [0.2, 0.25) is 0 Å². The summed E-state index contributed by atoms with van der Waals surface area (Å²) in [6.45, 7) is 5.76. The Morgan fingerprint density at radius 2 is 1.71 bits per heavy atom. The van der Waals surface area contributed by atoms with Gasteiger partial charge in [-0.05, 0) is 31.1 Å². The lowest BCUT2D eigenvalue weighted by Crippen LogP contribution is -2.48. The maximum atomic E-state index is 12.2. The molecule has 1 aliphatic carbocycles. The summed E-state index contributed by atoms with van der Waals surface area (Å²) >= 11 is 0. The van der Waals surface area contributed by atoms with Crippen LogP contribution in [0.25, 0.3) is 0 Å². The molecule has 2 fully saturated rings. The van der Waals surface area contributed by atoms with Gasteiger partial charge in [-0.3, -0.25) is 0 Å². The molecule has 0 aromatic rings. The van der Waals surface area contributed by atoms with Crippen LogP contribution >= 0.6 is 0 Å². The molecular formula is C12H24N2O2S. The van der Waals surface area contributed by atoms with Crippen molar-refractivity contribution in [2.45, 2.75) is 52.0 Å². The first-order valence-corrected chi connectivity index (χ1v) is 8.22. The van der Waals surface area contributed by atoms with Crippen molar-refractivity contribution in [2.75, 3.05) is 13.1 Å². The molecule has 1 N–H and O–H groups in total. The van der Waals surface area contributed by atoms with Crippen LogP contribution in [0.1, 0.15) is 46.0 Å². The third kappa shape index (κ3) is 3.01. The minimum absolute atomic E-state index is 0.129. The molecule has 0 aromatic heterocycles. The van der Waals surface area contributed by atoms with Crippen molar-refractivity contribution in [3.8, 4) is 0 Å². The van der Waals surface area contributed by atoms with Crippen molar-refractivity contribution in [3.05, 3.63) is 0 Å². The molecule has 1 aliphatic heterocycles. The maximum absolute atomic E-state index is 12.2. The smallest absolute Gasteiger partial charge is 0.199 e. The molecule has 1 heterocycles. The van der Waals surface area contributed by atoms with E-state index in [1.165, 1.54) is 6.42 Å². The highest BCUT2D eigenvalue weighted by atomic mass is 32.2. The van der Waals surface area contributed by atoms with E-state index in [4.69, 9.17) is 0 Å². The van der Waals surface area contributed by atoms with E-state index in [1.54, 1.807) is 4.31 Å². The van der Waals surface area contributed by atoms with E-state index in [0.717, 1.165) is 25.7 Å². The summed E-state index contributed by atoms with van der Waals surface area (Å²) in [5.41, 5.74) is 0. The normalized spacial score (nSPS) is 36.2. The largest absolute Gasteiger partial charge is 0.279 e. The molecular weight excluding hydrogens is 236 g/mol. The minimum Gasteiger partial charge on any atom is -0.199 e. The SMILES string of the molecule is CC1CCCC(NS(=O)(=O)N2CCCC2)C1C. The Kier molecular flexibility index (Phi) is 4.10. The number of rotatable bonds is 3. The van der Waals surface area contributed by atoms with Gasteiger partial charge in [-0.2, -0.15) is 17.4 Å². The molecule has 3 unspecified atom stereocenters. The lowest BCUT2D eigenvalue weighted by molar-refractivity contribution is 0.224. The Morgan fingerprint density at radius 1 is 1.06 bits per heavy atom. The highest BCUT2D eigenvalue weighted by molar-refractivity contribution is 7.87. The summed E-state index contributed by atoms with van der Waals surface area (Å²) in [5.74, 6) is 1.07. The van der Waals surface area contributed by atoms with Crippen molar-refractivity contribution >= 4 is 10.2 Å². The van der Waals surface area contributed by atoms with Crippen LogP contribution in [0.2, 0.25) is 0 Å². The third-order valence-electron chi connectivity index (χ3n) is 4.41. The fourth-order valence-corrected chi connectivity index (χ4v) is 4.55. The zero-order valence-electron chi connectivity index (χ0n) is 10.9. The Morgan fingerprint density at radius 3 is 2.35 bits per heavy atom. The van der Waals surface area contributed by atoms with E-state index < -0.39 is 10.2 Å². The molecule has 1 saturated carbocycles. The summed E-state index contributed by atoms with van der Waals surface area (Å²) < 4.78 is 28.8. The molecule has 5 heteroatoms. The molecule has 0 aromatic carbocycles. The molecule has 0 radical (unpaired) electrons. The third-order valence-corrected chi connectivity index (χ3v) is 6.06. The monoisotopic (exact) mass is 260 g/mol. The highest BCUT2D eigenvalue weighted by Gasteiger charge is 2.33. The molecule has 100 valence electrons. The highest BCUT2D eigenvalue weighted by Crippen LogP contribution is 2.30. The van der Waals surface area contributed by atoms with Gasteiger partial charge in [0.25, 0.3) is 10.2 Å². The zero-order valence-corrected chi connectivity index (χ0v) is 11.7. The number of nitrogens with zero attached hydrogens (tertiary/aromatic N) is 1. The van der Waals surface area contributed by atoms with Gasteiger partial charge in [-0.25, -0.2) is 0 Å². The Hall–Kier alpha value is -0.130. The number of hydrogen-bond acceptors (Lipinski definition) is 2. The Balaban J connectivity index is 1.99. The Bertz CT molecular complexity index is 350. The van der Waals surface area contributed by atoms with Crippen molar-refractivity contribution in [2.24, 2.45) is 11.8 Å². The molecule has 2 rings (SSSR count). The fourth-order valence-electron chi connectivity index (χ4n) is 2.94.